The van der Waals surface area contributed by atoms with Crippen molar-refractivity contribution in [3.8, 4) is 0 Å². The molecule has 1 unspecified atom stereocenters. The molecule has 90 valence electrons. The van der Waals surface area contributed by atoms with E-state index in [9.17, 15) is 9.90 Å². The highest BCUT2D eigenvalue weighted by atomic mass is 16.3. The number of anilines is 1. The fraction of sp³-hybridized carbons (Fsp3) is 0.333. The van der Waals surface area contributed by atoms with E-state index in [2.05, 4.69) is 20.4 Å². The Bertz CT molecular complexity index is 551. The summed E-state index contributed by atoms with van der Waals surface area (Å²) in [7, 11) is 0. The lowest BCUT2D eigenvalue weighted by atomic mass is 10.3. The quantitative estimate of drug-likeness (QED) is 0.606. The molecule has 2 rings (SSSR count). The van der Waals surface area contributed by atoms with Gasteiger partial charge in [-0.2, -0.15) is 14.6 Å². The maximum atomic E-state index is 10.7. The Kier molecular flexibility index (Phi) is 2.88. The first-order valence-electron chi connectivity index (χ1n) is 4.96. The summed E-state index contributed by atoms with van der Waals surface area (Å²) in [4.78, 5) is 18.8. The maximum Gasteiger partial charge on any atom is 0.254 e. The highest BCUT2D eigenvalue weighted by Gasteiger charge is 2.12. The molecule has 2 heterocycles. The van der Waals surface area contributed by atoms with Crippen molar-refractivity contribution in [3.05, 3.63) is 18.1 Å². The minimum absolute atomic E-state index is 0.00769. The van der Waals surface area contributed by atoms with E-state index in [1.54, 1.807) is 6.07 Å². The molecule has 1 amide bonds. The van der Waals surface area contributed by atoms with Crippen molar-refractivity contribution in [2.24, 2.45) is 5.73 Å². The summed E-state index contributed by atoms with van der Waals surface area (Å²) in [6.07, 6.45) is 0.124. The number of rotatable bonds is 4. The maximum absolute atomic E-state index is 10.7. The number of aromatic nitrogens is 4. The van der Waals surface area contributed by atoms with Gasteiger partial charge >= 0.3 is 0 Å². The van der Waals surface area contributed by atoms with Gasteiger partial charge in [0, 0.05) is 11.8 Å². The lowest BCUT2D eigenvalue weighted by molar-refractivity contribution is -0.125. The van der Waals surface area contributed by atoms with E-state index in [1.165, 1.54) is 10.8 Å². The van der Waals surface area contributed by atoms with Gasteiger partial charge in [0.15, 0.2) is 0 Å². The molecule has 0 radical (unpaired) electrons. The summed E-state index contributed by atoms with van der Waals surface area (Å²) in [5.41, 5.74) is 5.70. The molecule has 2 aromatic rings. The summed E-state index contributed by atoms with van der Waals surface area (Å²) in [6.45, 7) is 1.82. The van der Waals surface area contributed by atoms with Crippen molar-refractivity contribution in [1.82, 2.24) is 19.6 Å². The number of nitrogens with one attached hydrogen (secondary N) is 1. The van der Waals surface area contributed by atoms with Crippen LogP contribution in [0.25, 0.3) is 5.78 Å². The van der Waals surface area contributed by atoms with Crippen LogP contribution in [0.15, 0.2) is 12.4 Å². The second kappa shape index (κ2) is 4.34. The number of fused-ring (bicyclic) bond motifs is 1. The van der Waals surface area contributed by atoms with E-state index in [0.717, 1.165) is 5.69 Å². The van der Waals surface area contributed by atoms with Crippen molar-refractivity contribution in [2.45, 2.75) is 13.0 Å². The van der Waals surface area contributed by atoms with Crippen LogP contribution in [0.1, 0.15) is 5.69 Å². The molecule has 8 heteroatoms. The highest BCUT2D eigenvalue weighted by molar-refractivity contribution is 5.79. The van der Waals surface area contributed by atoms with Crippen molar-refractivity contribution in [2.75, 3.05) is 11.9 Å². The molecule has 0 saturated heterocycles. The summed E-state index contributed by atoms with van der Waals surface area (Å²) in [5.74, 6) is 0.254. The third-order valence-electron chi connectivity index (χ3n) is 2.18. The van der Waals surface area contributed by atoms with Crippen LogP contribution in [0.4, 0.5) is 5.82 Å². The Balaban J connectivity index is 2.23. The standard InChI is InChI=1S/C9H12N6O2/c1-5-2-7(11-3-6(16)8(10)17)15-9(14-5)12-4-13-15/h2,4,6,11,16H,3H2,1H3,(H2,10,17). The number of carbonyl (C=O) groups excluding carboxylic acids is 1. The third-order valence-corrected chi connectivity index (χ3v) is 2.18. The number of nitrogens with two attached hydrogens (primary N) is 1. The normalized spacial score (nSPS) is 12.6. The molecule has 0 aliphatic carbocycles. The summed E-state index contributed by atoms with van der Waals surface area (Å²) in [6, 6.07) is 1.73. The van der Waals surface area contributed by atoms with Crippen LogP contribution >= 0.6 is 0 Å². The van der Waals surface area contributed by atoms with Crippen molar-refractivity contribution >= 4 is 17.5 Å². The number of hydrogen-bond acceptors (Lipinski definition) is 6. The molecule has 8 nitrogen and oxygen atoms in total. The molecule has 0 aromatic carbocycles. The molecule has 0 saturated carbocycles. The van der Waals surface area contributed by atoms with Gasteiger partial charge in [0.25, 0.3) is 5.78 Å². The second-order valence-electron chi connectivity index (χ2n) is 3.55. The van der Waals surface area contributed by atoms with E-state index in [-0.39, 0.29) is 6.54 Å². The van der Waals surface area contributed by atoms with E-state index < -0.39 is 12.0 Å². The van der Waals surface area contributed by atoms with E-state index in [1.807, 2.05) is 6.92 Å². The Morgan fingerprint density at radius 2 is 2.47 bits per heavy atom. The van der Waals surface area contributed by atoms with Gasteiger partial charge in [-0.05, 0) is 6.92 Å². The van der Waals surface area contributed by atoms with Gasteiger partial charge < -0.3 is 16.2 Å². The van der Waals surface area contributed by atoms with Crippen LogP contribution in [0.3, 0.4) is 0 Å². The van der Waals surface area contributed by atoms with Crippen LogP contribution in [-0.2, 0) is 4.79 Å². The van der Waals surface area contributed by atoms with Gasteiger partial charge in [-0.25, -0.2) is 4.98 Å². The Hall–Kier alpha value is -2.22. The number of hydrogen-bond donors (Lipinski definition) is 3. The zero-order chi connectivity index (χ0) is 12.4. The van der Waals surface area contributed by atoms with Gasteiger partial charge in [-0.15, -0.1) is 0 Å². The first-order chi connectivity index (χ1) is 8.08. The van der Waals surface area contributed by atoms with Crippen molar-refractivity contribution in [1.29, 1.82) is 0 Å². The van der Waals surface area contributed by atoms with Gasteiger partial charge in [-0.3, -0.25) is 4.79 Å². The highest BCUT2D eigenvalue weighted by Crippen LogP contribution is 2.09. The number of nitrogens with zero attached hydrogens (tertiary/aromatic N) is 4. The largest absolute Gasteiger partial charge is 0.381 e. The number of aliphatic hydroxyl groups is 1. The van der Waals surface area contributed by atoms with Crippen molar-refractivity contribution < 1.29 is 9.90 Å². The fourth-order valence-corrected chi connectivity index (χ4v) is 1.36. The molecule has 4 N–H and O–H groups in total. The summed E-state index contributed by atoms with van der Waals surface area (Å²) in [5, 5.41) is 16.1. The Morgan fingerprint density at radius 1 is 1.71 bits per heavy atom. The number of primary amides is 1. The van der Waals surface area contributed by atoms with Gasteiger partial charge in [0.1, 0.15) is 18.2 Å². The Morgan fingerprint density at radius 3 is 3.18 bits per heavy atom. The number of aliphatic hydroxyl groups excluding tert-OH is 1. The summed E-state index contributed by atoms with van der Waals surface area (Å²) < 4.78 is 1.47. The van der Waals surface area contributed by atoms with Crippen LogP contribution in [0.2, 0.25) is 0 Å². The van der Waals surface area contributed by atoms with Crippen LogP contribution in [-0.4, -0.2) is 43.2 Å². The molecule has 17 heavy (non-hydrogen) atoms. The number of amides is 1. The first-order valence-corrected chi connectivity index (χ1v) is 4.96. The van der Waals surface area contributed by atoms with Gasteiger partial charge in [0.05, 0.1) is 6.54 Å². The molecule has 0 spiro atoms. The van der Waals surface area contributed by atoms with Gasteiger partial charge in [0.2, 0.25) is 5.91 Å². The third kappa shape index (κ3) is 2.31. The second-order valence-corrected chi connectivity index (χ2v) is 3.55. The molecular weight excluding hydrogens is 224 g/mol. The smallest absolute Gasteiger partial charge is 0.254 e. The average molecular weight is 236 g/mol. The number of carbonyl (C=O) groups is 1. The van der Waals surface area contributed by atoms with E-state index in [4.69, 9.17) is 5.73 Å². The molecule has 2 aromatic heterocycles. The van der Waals surface area contributed by atoms with E-state index >= 15 is 0 Å². The zero-order valence-electron chi connectivity index (χ0n) is 9.16. The molecular formula is C9H12N6O2. The molecule has 0 bridgehead atoms. The topological polar surface area (TPSA) is 118 Å². The zero-order valence-corrected chi connectivity index (χ0v) is 9.16. The van der Waals surface area contributed by atoms with Crippen LogP contribution in [0, 0.1) is 6.92 Å². The minimum Gasteiger partial charge on any atom is -0.381 e. The predicted octanol–water partition coefficient (Wildman–Crippen LogP) is -1.31. The lowest BCUT2D eigenvalue weighted by Crippen LogP contribution is -2.34. The molecule has 0 fully saturated rings. The molecule has 0 aliphatic rings. The van der Waals surface area contributed by atoms with Crippen LogP contribution in [0.5, 0.6) is 0 Å². The monoisotopic (exact) mass is 236 g/mol. The number of aryl methyl sites for hydroxylation is 1. The minimum atomic E-state index is -1.25. The molecule has 0 aliphatic heterocycles. The summed E-state index contributed by atoms with van der Waals surface area (Å²) >= 11 is 0. The fourth-order valence-electron chi connectivity index (χ4n) is 1.36. The first kappa shape index (κ1) is 11.3. The van der Waals surface area contributed by atoms with Gasteiger partial charge in [-0.1, -0.05) is 0 Å². The average Bonchev–Trinajstić information content (AvgIpc) is 2.72. The Labute approximate surface area is 96.5 Å². The van der Waals surface area contributed by atoms with Crippen molar-refractivity contribution in [3.63, 3.8) is 0 Å². The molecule has 1 atom stereocenters. The van der Waals surface area contributed by atoms with E-state index in [0.29, 0.717) is 11.6 Å². The van der Waals surface area contributed by atoms with Crippen LogP contribution < -0.4 is 11.1 Å². The SMILES string of the molecule is Cc1cc(NCC(O)C(N)=O)n2ncnc2n1. The predicted molar refractivity (Wildman–Crippen MR) is 59.2 cm³/mol. The lowest BCUT2D eigenvalue weighted by Gasteiger charge is -2.10.